The van der Waals surface area contributed by atoms with Crippen LogP contribution in [0.15, 0.2) is 0 Å². The quantitative estimate of drug-likeness (QED) is 0.497. The molecule has 0 N–H and O–H groups in total. The minimum Gasteiger partial charge on any atom is -0.362 e. The highest BCUT2D eigenvalue weighted by Crippen LogP contribution is 2.36. The van der Waals surface area contributed by atoms with Gasteiger partial charge in [-0.1, -0.05) is 6.42 Å². The second-order valence-electron chi connectivity index (χ2n) is 3.88. The summed E-state index contributed by atoms with van der Waals surface area (Å²) >= 11 is 2.46. The molecule has 2 nitrogen and oxygen atoms in total. The zero-order valence-electron chi connectivity index (χ0n) is 7.55. The fourth-order valence-corrected chi connectivity index (χ4v) is 3.23. The van der Waals surface area contributed by atoms with Gasteiger partial charge in [-0.3, -0.25) is 4.90 Å². The number of rotatable bonds is 0. The lowest BCUT2D eigenvalue weighted by molar-refractivity contribution is -0.0847. The van der Waals surface area contributed by atoms with Gasteiger partial charge in [0.25, 0.3) is 0 Å². The van der Waals surface area contributed by atoms with Crippen molar-refractivity contribution in [3.63, 3.8) is 0 Å². The molecule has 0 radical (unpaired) electrons. The van der Waals surface area contributed by atoms with Crippen LogP contribution in [0.5, 0.6) is 0 Å². The highest BCUT2D eigenvalue weighted by atomic mass is 127. The Balaban J connectivity index is 2.09. The summed E-state index contributed by atoms with van der Waals surface area (Å²) in [6.07, 6.45) is 4.08. The van der Waals surface area contributed by atoms with E-state index in [0.717, 1.165) is 13.2 Å². The van der Waals surface area contributed by atoms with E-state index < -0.39 is 0 Å². The summed E-state index contributed by atoms with van der Waals surface area (Å²) in [7, 11) is 0. The number of hydrogen-bond donors (Lipinski definition) is 0. The molecule has 2 aliphatic rings. The number of nitrogens with zero attached hydrogens (tertiary/aromatic N) is 1. The summed E-state index contributed by atoms with van der Waals surface area (Å²) in [4.78, 5) is 2.60. The largest absolute Gasteiger partial charge is 0.362 e. The van der Waals surface area contributed by atoms with Gasteiger partial charge in [-0.15, -0.1) is 0 Å². The van der Waals surface area contributed by atoms with Gasteiger partial charge in [0.1, 0.15) is 3.61 Å². The summed E-state index contributed by atoms with van der Waals surface area (Å²) < 4.78 is 5.85. The van der Waals surface area contributed by atoms with E-state index >= 15 is 0 Å². The van der Waals surface area contributed by atoms with Crippen molar-refractivity contribution in [2.45, 2.75) is 35.8 Å². The maximum atomic E-state index is 5.78. The molecule has 0 saturated carbocycles. The number of ether oxygens (including phenoxy) is 1. The van der Waals surface area contributed by atoms with E-state index in [0.29, 0.717) is 6.04 Å². The third-order valence-corrected chi connectivity index (χ3v) is 4.00. The van der Waals surface area contributed by atoms with Crippen LogP contribution in [0.4, 0.5) is 0 Å². The molecule has 2 atom stereocenters. The molecule has 12 heavy (non-hydrogen) atoms. The number of piperidine rings is 1. The fourth-order valence-electron chi connectivity index (χ4n) is 2.30. The average molecular weight is 281 g/mol. The summed E-state index contributed by atoms with van der Waals surface area (Å²) in [6, 6.07) is 0.667. The van der Waals surface area contributed by atoms with Crippen LogP contribution in [-0.4, -0.2) is 34.2 Å². The Hall–Kier alpha value is 0.650. The molecule has 2 rings (SSSR count). The van der Waals surface area contributed by atoms with E-state index in [2.05, 4.69) is 34.4 Å². The third kappa shape index (κ3) is 1.63. The van der Waals surface area contributed by atoms with Crippen LogP contribution in [-0.2, 0) is 4.74 Å². The van der Waals surface area contributed by atoms with Crippen molar-refractivity contribution < 1.29 is 4.74 Å². The average Bonchev–Trinajstić information content (AvgIpc) is 2.04. The van der Waals surface area contributed by atoms with Gasteiger partial charge in [-0.05, 0) is 48.9 Å². The standard InChI is InChI=1S/C9H16INO/c1-9(10)8-4-2-3-5-11(8)6-7-12-9/h8H,2-7H2,1H3. The van der Waals surface area contributed by atoms with Gasteiger partial charge < -0.3 is 4.74 Å². The molecule has 0 aromatic carbocycles. The van der Waals surface area contributed by atoms with Crippen molar-refractivity contribution in [2.24, 2.45) is 0 Å². The van der Waals surface area contributed by atoms with E-state index in [9.17, 15) is 0 Å². The monoisotopic (exact) mass is 281 g/mol. The highest BCUT2D eigenvalue weighted by molar-refractivity contribution is 14.1. The van der Waals surface area contributed by atoms with E-state index in [-0.39, 0.29) is 3.61 Å². The predicted octanol–water partition coefficient (Wildman–Crippen LogP) is 2.02. The molecular weight excluding hydrogens is 265 g/mol. The van der Waals surface area contributed by atoms with E-state index in [1.165, 1.54) is 25.8 Å². The maximum Gasteiger partial charge on any atom is 0.131 e. The van der Waals surface area contributed by atoms with Gasteiger partial charge in [0.05, 0.1) is 6.61 Å². The molecule has 2 saturated heterocycles. The van der Waals surface area contributed by atoms with Gasteiger partial charge in [-0.2, -0.15) is 0 Å². The Morgan fingerprint density at radius 3 is 3.00 bits per heavy atom. The molecule has 2 fully saturated rings. The zero-order valence-corrected chi connectivity index (χ0v) is 9.71. The van der Waals surface area contributed by atoms with E-state index in [4.69, 9.17) is 4.74 Å². The Kier molecular flexibility index (Phi) is 2.63. The first-order chi connectivity index (χ1) is 5.70. The predicted molar refractivity (Wildman–Crippen MR) is 57.6 cm³/mol. The van der Waals surface area contributed by atoms with Crippen LogP contribution >= 0.6 is 22.6 Å². The third-order valence-electron chi connectivity index (χ3n) is 2.97. The lowest BCUT2D eigenvalue weighted by Gasteiger charge is -2.47. The van der Waals surface area contributed by atoms with Crippen LogP contribution in [0, 0.1) is 0 Å². The SMILES string of the molecule is CC1(I)OCCN2CCCCC21. The normalized spacial score (nSPS) is 44.0. The molecule has 0 bridgehead atoms. The van der Waals surface area contributed by atoms with Gasteiger partial charge in [-0.25, -0.2) is 0 Å². The second kappa shape index (κ2) is 3.42. The Bertz CT molecular complexity index is 170. The maximum absolute atomic E-state index is 5.78. The van der Waals surface area contributed by atoms with E-state index in [1.807, 2.05) is 0 Å². The van der Waals surface area contributed by atoms with Crippen molar-refractivity contribution in [3.8, 4) is 0 Å². The Morgan fingerprint density at radius 1 is 1.42 bits per heavy atom. The molecule has 0 spiro atoms. The molecular formula is C9H16INO. The van der Waals surface area contributed by atoms with Gasteiger partial charge in [0, 0.05) is 12.6 Å². The Morgan fingerprint density at radius 2 is 2.25 bits per heavy atom. The fraction of sp³-hybridized carbons (Fsp3) is 1.00. The molecule has 0 aromatic heterocycles. The van der Waals surface area contributed by atoms with Crippen LogP contribution < -0.4 is 0 Å². The smallest absolute Gasteiger partial charge is 0.131 e. The number of halogens is 1. The number of morpholine rings is 1. The molecule has 2 unspecified atom stereocenters. The first-order valence-corrected chi connectivity index (χ1v) is 5.85. The molecule has 3 heteroatoms. The number of fused-ring (bicyclic) bond motifs is 1. The molecule has 0 amide bonds. The van der Waals surface area contributed by atoms with Gasteiger partial charge in [0.2, 0.25) is 0 Å². The summed E-state index contributed by atoms with van der Waals surface area (Å²) in [5.74, 6) is 0. The van der Waals surface area contributed by atoms with Crippen molar-refractivity contribution in [1.29, 1.82) is 0 Å². The Labute approximate surface area is 87.8 Å². The van der Waals surface area contributed by atoms with Crippen LogP contribution in [0.25, 0.3) is 0 Å². The first kappa shape index (κ1) is 9.21. The highest BCUT2D eigenvalue weighted by Gasteiger charge is 2.40. The number of alkyl halides is 1. The lowest BCUT2D eigenvalue weighted by atomic mass is 9.97. The zero-order chi connectivity index (χ0) is 8.60. The number of hydrogen-bond acceptors (Lipinski definition) is 2. The first-order valence-electron chi connectivity index (χ1n) is 4.77. The molecule has 2 heterocycles. The minimum absolute atomic E-state index is 0.0659. The topological polar surface area (TPSA) is 12.5 Å². The molecule has 0 aliphatic carbocycles. The van der Waals surface area contributed by atoms with E-state index in [1.54, 1.807) is 0 Å². The molecule has 70 valence electrons. The van der Waals surface area contributed by atoms with Crippen LogP contribution in [0.3, 0.4) is 0 Å². The van der Waals surface area contributed by atoms with Crippen LogP contribution in [0.2, 0.25) is 0 Å². The van der Waals surface area contributed by atoms with Crippen molar-refractivity contribution in [3.05, 3.63) is 0 Å². The van der Waals surface area contributed by atoms with Crippen molar-refractivity contribution in [1.82, 2.24) is 4.90 Å². The minimum atomic E-state index is 0.0659. The van der Waals surface area contributed by atoms with Crippen LogP contribution in [0.1, 0.15) is 26.2 Å². The van der Waals surface area contributed by atoms with Gasteiger partial charge >= 0.3 is 0 Å². The van der Waals surface area contributed by atoms with Gasteiger partial charge in [0.15, 0.2) is 0 Å². The summed E-state index contributed by atoms with van der Waals surface area (Å²) in [5.41, 5.74) is 0. The lowest BCUT2D eigenvalue weighted by Crippen LogP contribution is -2.56. The summed E-state index contributed by atoms with van der Waals surface area (Å²) in [6.45, 7) is 5.56. The van der Waals surface area contributed by atoms with Crippen molar-refractivity contribution in [2.75, 3.05) is 19.7 Å². The summed E-state index contributed by atoms with van der Waals surface area (Å²) in [5, 5.41) is 0. The molecule has 2 aliphatic heterocycles. The second-order valence-corrected chi connectivity index (χ2v) is 6.02. The van der Waals surface area contributed by atoms with Crippen molar-refractivity contribution >= 4 is 22.6 Å². The molecule has 0 aromatic rings.